The molecule has 0 aromatic carbocycles. The molecule has 0 atom stereocenters. The number of rotatable bonds is 1. The molecule has 1 nitrogen and oxygen atoms in total. The van der Waals surface area contributed by atoms with Gasteiger partial charge in [-0.1, -0.05) is 0 Å². The second-order valence-corrected chi connectivity index (χ2v) is 4.64. The molecule has 0 unspecified atom stereocenters. The maximum atomic E-state index is 12.0. The first-order valence-electron chi connectivity index (χ1n) is 3.51. The summed E-state index contributed by atoms with van der Waals surface area (Å²) in [5.41, 5.74) is 0. The van der Waals surface area contributed by atoms with Crippen LogP contribution in [0.25, 0.3) is 0 Å². The van der Waals surface area contributed by atoms with Gasteiger partial charge >= 0.3 is 61.8 Å². The zero-order valence-corrected chi connectivity index (χ0v) is 6.84. The van der Waals surface area contributed by atoms with Crippen molar-refractivity contribution in [2.24, 2.45) is 0 Å². The molecular weight excluding hydrogens is 181 g/mol. The fraction of sp³-hybridized carbons (Fsp3) is 1.00. The third kappa shape index (κ3) is 2.56. The van der Waals surface area contributed by atoms with E-state index in [4.69, 9.17) is 0 Å². The van der Waals surface area contributed by atoms with E-state index in [1.807, 2.05) is 0 Å². The number of nitrogens with zero attached hydrogens (tertiary/aromatic N) is 1. The molecule has 0 amide bonds. The molecule has 1 aliphatic heterocycles. The first kappa shape index (κ1) is 9.20. The van der Waals surface area contributed by atoms with Gasteiger partial charge in [0.1, 0.15) is 0 Å². The Hall–Kier alpha value is 0.110. The molecule has 0 aromatic heterocycles. The van der Waals surface area contributed by atoms with Crippen molar-refractivity contribution in [3.05, 3.63) is 0 Å². The maximum absolute atomic E-state index is 12.0. The van der Waals surface area contributed by atoms with Gasteiger partial charge in [-0.25, -0.2) is 0 Å². The van der Waals surface area contributed by atoms with Crippen molar-refractivity contribution in [2.75, 3.05) is 13.1 Å². The van der Waals surface area contributed by atoms with Crippen LogP contribution in [0.5, 0.6) is 0 Å². The van der Waals surface area contributed by atoms with Crippen molar-refractivity contribution in [1.29, 1.82) is 0 Å². The van der Waals surface area contributed by atoms with Crippen molar-refractivity contribution in [3.63, 3.8) is 0 Å². The molecule has 0 N–H and O–H groups in total. The average molecular weight is 191 g/mol. The summed E-state index contributed by atoms with van der Waals surface area (Å²) in [5.74, 6) is 0. The Labute approximate surface area is 62.8 Å². The average Bonchev–Trinajstić information content (AvgIpc) is 1.86. The summed E-state index contributed by atoms with van der Waals surface area (Å²) in [6.45, 7) is -0.310. The van der Waals surface area contributed by atoms with Crippen molar-refractivity contribution >= 4 is 8.00 Å². The van der Waals surface area contributed by atoms with Gasteiger partial charge in [0.2, 0.25) is 0 Å². The van der Waals surface area contributed by atoms with E-state index in [0.29, 0.717) is 12.8 Å². The first-order chi connectivity index (χ1) is 4.86. The quantitative estimate of drug-likeness (QED) is 0.453. The van der Waals surface area contributed by atoms with Gasteiger partial charge in [0.25, 0.3) is 0 Å². The molecule has 6 heteroatoms. The zero-order chi connectivity index (χ0) is 8.56. The van der Waals surface area contributed by atoms with E-state index in [0.717, 1.165) is 6.42 Å². The number of hydrogen-bond acceptors (Lipinski definition) is 1. The molecule has 0 radical (unpaired) electrons. The summed E-state index contributed by atoms with van der Waals surface area (Å²) in [7, 11) is -7.38. The van der Waals surface area contributed by atoms with E-state index in [2.05, 4.69) is 0 Å². The number of halogens is 4. The normalized spacial score (nSPS) is 26.0. The SMILES string of the molecule is FP(F)(F)(F)N1CCCCC1. The van der Waals surface area contributed by atoms with Crippen molar-refractivity contribution in [2.45, 2.75) is 19.3 Å². The van der Waals surface area contributed by atoms with E-state index in [1.54, 1.807) is 0 Å². The molecule has 0 spiro atoms. The second kappa shape index (κ2) is 2.56. The van der Waals surface area contributed by atoms with Crippen LogP contribution in [0.15, 0.2) is 0 Å². The van der Waals surface area contributed by atoms with Crippen LogP contribution in [0.4, 0.5) is 16.8 Å². The summed E-state index contributed by atoms with van der Waals surface area (Å²) in [6, 6.07) is 0. The summed E-state index contributed by atoms with van der Waals surface area (Å²) in [5, 5.41) is 0. The molecule has 68 valence electrons. The summed E-state index contributed by atoms with van der Waals surface area (Å²) >= 11 is 0. The Morgan fingerprint density at radius 1 is 0.818 bits per heavy atom. The molecule has 11 heavy (non-hydrogen) atoms. The minimum atomic E-state index is -7.38. The van der Waals surface area contributed by atoms with E-state index < -0.39 is 8.00 Å². The molecule has 0 aliphatic carbocycles. The molecule has 0 bridgehead atoms. The Bertz CT molecular complexity index is 139. The van der Waals surface area contributed by atoms with Gasteiger partial charge < -0.3 is 0 Å². The molecule has 0 saturated carbocycles. The second-order valence-electron chi connectivity index (χ2n) is 2.70. The van der Waals surface area contributed by atoms with E-state index in [-0.39, 0.29) is 17.8 Å². The van der Waals surface area contributed by atoms with Crippen molar-refractivity contribution in [3.8, 4) is 0 Å². The number of piperidine rings is 1. The van der Waals surface area contributed by atoms with Gasteiger partial charge in [0.05, 0.1) is 0 Å². The fourth-order valence-corrected chi connectivity index (χ4v) is 2.07. The van der Waals surface area contributed by atoms with Crippen molar-refractivity contribution < 1.29 is 16.8 Å². The molecule has 1 aliphatic rings. The molecular formula is C5H10F4NP. The Morgan fingerprint density at radius 3 is 1.55 bits per heavy atom. The van der Waals surface area contributed by atoms with Crippen LogP contribution >= 0.6 is 8.00 Å². The van der Waals surface area contributed by atoms with Crippen LogP contribution in [0.1, 0.15) is 19.3 Å². The molecule has 0 aromatic rings. The predicted molar refractivity (Wildman–Crippen MR) is 36.8 cm³/mol. The molecule has 1 rings (SSSR count). The molecule has 1 saturated heterocycles. The summed E-state index contributed by atoms with van der Waals surface area (Å²) in [6.07, 6.45) is 1.70. The number of hydrogen-bond donors (Lipinski definition) is 0. The van der Waals surface area contributed by atoms with E-state index in [9.17, 15) is 16.8 Å². The fourth-order valence-electron chi connectivity index (χ4n) is 1.18. The van der Waals surface area contributed by atoms with Crippen LogP contribution in [-0.2, 0) is 0 Å². The monoisotopic (exact) mass is 191 g/mol. The standard InChI is InChI=1S/C5H10F4NP/c6-11(7,8,9)10-4-2-1-3-5-10/h1-5H2. The molecule has 1 heterocycles. The zero-order valence-electron chi connectivity index (χ0n) is 5.94. The van der Waals surface area contributed by atoms with Crippen LogP contribution in [0.2, 0.25) is 0 Å². The Morgan fingerprint density at radius 2 is 1.27 bits per heavy atom. The van der Waals surface area contributed by atoms with Gasteiger partial charge in [-0.15, -0.1) is 0 Å². The van der Waals surface area contributed by atoms with Gasteiger partial charge in [0, 0.05) is 0 Å². The third-order valence-electron chi connectivity index (χ3n) is 1.76. The first-order valence-corrected chi connectivity index (χ1v) is 5.26. The van der Waals surface area contributed by atoms with Crippen LogP contribution in [0, 0.1) is 0 Å². The van der Waals surface area contributed by atoms with Crippen molar-refractivity contribution in [1.82, 2.24) is 4.67 Å². The van der Waals surface area contributed by atoms with Crippen LogP contribution in [-0.4, -0.2) is 17.8 Å². The van der Waals surface area contributed by atoms with Gasteiger partial charge in [-0.05, 0) is 0 Å². The van der Waals surface area contributed by atoms with Crippen LogP contribution < -0.4 is 0 Å². The van der Waals surface area contributed by atoms with Gasteiger partial charge in [-0.3, -0.25) is 0 Å². The summed E-state index contributed by atoms with van der Waals surface area (Å²) < 4.78 is 48.1. The summed E-state index contributed by atoms with van der Waals surface area (Å²) in [4.78, 5) is 0. The third-order valence-corrected chi connectivity index (χ3v) is 3.02. The van der Waals surface area contributed by atoms with Crippen LogP contribution in [0.3, 0.4) is 0 Å². The molecule has 1 fully saturated rings. The topological polar surface area (TPSA) is 3.24 Å². The Kier molecular flexibility index (Phi) is 2.14. The van der Waals surface area contributed by atoms with Gasteiger partial charge in [-0.2, -0.15) is 0 Å². The van der Waals surface area contributed by atoms with Gasteiger partial charge in [0.15, 0.2) is 0 Å². The van der Waals surface area contributed by atoms with E-state index >= 15 is 0 Å². The Balaban J connectivity index is 2.59. The predicted octanol–water partition coefficient (Wildman–Crippen LogP) is 3.48. The minimum absolute atomic E-state index is 0.0646. The van der Waals surface area contributed by atoms with E-state index in [1.165, 1.54) is 0 Å².